The van der Waals surface area contributed by atoms with E-state index in [-0.39, 0.29) is 30.7 Å². The summed E-state index contributed by atoms with van der Waals surface area (Å²) in [6.45, 7) is 1.93. The van der Waals surface area contributed by atoms with E-state index in [1.54, 1.807) is 6.20 Å². The first-order valence-electron chi connectivity index (χ1n) is 8.12. The summed E-state index contributed by atoms with van der Waals surface area (Å²) in [7, 11) is 0. The smallest absolute Gasteiger partial charge is 0.262 e. The highest BCUT2D eigenvalue weighted by atomic mass is 35.5. The lowest BCUT2D eigenvalue weighted by atomic mass is 10.1. The van der Waals surface area contributed by atoms with Gasteiger partial charge >= 0.3 is 0 Å². The van der Waals surface area contributed by atoms with Crippen molar-refractivity contribution >= 4 is 36.5 Å². The van der Waals surface area contributed by atoms with Crippen LogP contribution in [0.1, 0.15) is 31.2 Å². The Bertz CT molecular complexity index is 554. The zero-order valence-corrected chi connectivity index (χ0v) is 15.5. The molecule has 2 N–H and O–H groups in total. The Kier molecular flexibility index (Phi) is 8.31. The number of anilines is 1. The summed E-state index contributed by atoms with van der Waals surface area (Å²) in [5.41, 5.74) is 0.865. The number of alkyl halides is 2. The Morgan fingerprint density at radius 2 is 2.00 bits per heavy atom. The Balaban J connectivity index is 0.00000156. The van der Waals surface area contributed by atoms with Crippen molar-refractivity contribution in [2.24, 2.45) is 0 Å². The molecule has 0 aromatic carbocycles. The van der Waals surface area contributed by atoms with Crippen molar-refractivity contribution in [3.05, 3.63) is 23.9 Å². The van der Waals surface area contributed by atoms with Gasteiger partial charge < -0.3 is 10.2 Å². The normalized spacial score (nSPS) is 21.8. The standard InChI is InChI=1S/C16H22F2N4O.2ClH/c17-16(18)8-13(21-11-16)15(23)20-10-12-4-5-14(19-9-12)22-6-2-1-3-7-22;;/h4-5,9,13,21H,1-3,6-8,10-11H2,(H,20,23);2*1H. The summed E-state index contributed by atoms with van der Waals surface area (Å²) in [6.07, 6.45) is 4.96. The molecule has 2 aliphatic heterocycles. The summed E-state index contributed by atoms with van der Waals surface area (Å²) < 4.78 is 26.2. The fraction of sp³-hybridized carbons (Fsp3) is 0.625. The van der Waals surface area contributed by atoms with Crippen molar-refractivity contribution in [2.75, 3.05) is 24.5 Å². The van der Waals surface area contributed by atoms with E-state index < -0.39 is 24.9 Å². The molecule has 1 unspecified atom stereocenters. The van der Waals surface area contributed by atoms with E-state index in [4.69, 9.17) is 0 Å². The van der Waals surface area contributed by atoms with Crippen molar-refractivity contribution in [1.82, 2.24) is 15.6 Å². The summed E-state index contributed by atoms with van der Waals surface area (Å²) in [6, 6.07) is 3.06. The molecule has 0 spiro atoms. The van der Waals surface area contributed by atoms with Crippen molar-refractivity contribution < 1.29 is 13.6 Å². The number of rotatable bonds is 4. The number of carbonyl (C=O) groups excluding carboxylic acids is 1. The molecule has 1 atom stereocenters. The van der Waals surface area contributed by atoms with Crippen molar-refractivity contribution in [1.29, 1.82) is 0 Å². The maximum Gasteiger partial charge on any atom is 0.262 e. The van der Waals surface area contributed by atoms with Crippen LogP contribution in [0.2, 0.25) is 0 Å². The lowest BCUT2D eigenvalue weighted by Crippen LogP contribution is -2.40. The van der Waals surface area contributed by atoms with Crippen LogP contribution in [0.5, 0.6) is 0 Å². The predicted octanol–water partition coefficient (Wildman–Crippen LogP) is 2.53. The Hall–Kier alpha value is -1.18. The van der Waals surface area contributed by atoms with Gasteiger partial charge in [-0.1, -0.05) is 6.07 Å². The SMILES string of the molecule is Cl.Cl.O=C(NCc1ccc(N2CCCCC2)nc1)C1CC(F)(F)CN1. The van der Waals surface area contributed by atoms with Crippen LogP contribution in [-0.4, -0.2) is 42.5 Å². The van der Waals surface area contributed by atoms with Gasteiger partial charge in [-0.05, 0) is 30.9 Å². The summed E-state index contributed by atoms with van der Waals surface area (Å²) in [5, 5.41) is 5.24. The largest absolute Gasteiger partial charge is 0.357 e. The first kappa shape index (κ1) is 21.9. The van der Waals surface area contributed by atoms with E-state index in [1.807, 2.05) is 12.1 Å². The van der Waals surface area contributed by atoms with Gasteiger partial charge in [0.1, 0.15) is 5.82 Å². The van der Waals surface area contributed by atoms with Gasteiger partial charge in [0.2, 0.25) is 5.91 Å². The predicted molar refractivity (Wildman–Crippen MR) is 98.0 cm³/mol. The molecule has 3 heterocycles. The Morgan fingerprint density at radius 3 is 2.56 bits per heavy atom. The lowest BCUT2D eigenvalue weighted by molar-refractivity contribution is -0.123. The van der Waals surface area contributed by atoms with E-state index >= 15 is 0 Å². The monoisotopic (exact) mass is 396 g/mol. The van der Waals surface area contributed by atoms with Gasteiger partial charge in [0.15, 0.2) is 0 Å². The molecule has 142 valence electrons. The topological polar surface area (TPSA) is 57.3 Å². The molecule has 2 aliphatic rings. The zero-order valence-electron chi connectivity index (χ0n) is 13.8. The highest BCUT2D eigenvalue weighted by Gasteiger charge is 2.42. The van der Waals surface area contributed by atoms with Crippen LogP contribution in [-0.2, 0) is 11.3 Å². The Morgan fingerprint density at radius 1 is 1.28 bits per heavy atom. The minimum atomic E-state index is -2.79. The molecule has 9 heteroatoms. The van der Waals surface area contributed by atoms with Crippen molar-refractivity contribution in [2.45, 2.75) is 44.2 Å². The third kappa shape index (κ3) is 5.94. The molecule has 5 nitrogen and oxygen atoms in total. The second-order valence-corrected chi connectivity index (χ2v) is 6.28. The van der Waals surface area contributed by atoms with E-state index in [1.165, 1.54) is 19.3 Å². The van der Waals surface area contributed by atoms with Crippen LogP contribution in [0.25, 0.3) is 0 Å². The summed E-state index contributed by atoms with van der Waals surface area (Å²) in [4.78, 5) is 18.6. The lowest BCUT2D eigenvalue weighted by Gasteiger charge is -2.27. The van der Waals surface area contributed by atoms with Crippen LogP contribution >= 0.6 is 24.8 Å². The first-order valence-corrected chi connectivity index (χ1v) is 8.12. The van der Waals surface area contributed by atoms with E-state index in [2.05, 4.69) is 20.5 Å². The van der Waals surface area contributed by atoms with E-state index in [0.717, 1.165) is 24.5 Å². The molecule has 0 saturated carbocycles. The number of hydrogen-bond acceptors (Lipinski definition) is 4. The molecule has 2 fully saturated rings. The van der Waals surface area contributed by atoms with Crippen LogP contribution in [0.3, 0.4) is 0 Å². The number of hydrogen-bond donors (Lipinski definition) is 2. The highest BCUT2D eigenvalue weighted by Crippen LogP contribution is 2.25. The zero-order chi connectivity index (χ0) is 16.3. The molecule has 2 saturated heterocycles. The minimum absolute atomic E-state index is 0. The number of nitrogens with zero attached hydrogens (tertiary/aromatic N) is 2. The molecule has 0 radical (unpaired) electrons. The van der Waals surface area contributed by atoms with Gasteiger partial charge in [-0.15, -0.1) is 24.8 Å². The van der Waals surface area contributed by atoms with E-state index in [0.29, 0.717) is 6.54 Å². The summed E-state index contributed by atoms with van der Waals surface area (Å²) >= 11 is 0. The van der Waals surface area contributed by atoms with Gasteiger partial charge in [0.05, 0.1) is 12.6 Å². The molecule has 1 aromatic heterocycles. The van der Waals surface area contributed by atoms with Gasteiger partial charge in [0, 0.05) is 32.3 Å². The van der Waals surface area contributed by atoms with Gasteiger partial charge in [-0.2, -0.15) is 0 Å². The van der Waals surface area contributed by atoms with Crippen LogP contribution in [0, 0.1) is 0 Å². The maximum atomic E-state index is 13.1. The van der Waals surface area contributed by atoms with Crippen LogP contribution in [0.4, 0.5) is 14.6 Å². The molecular weight excluding hydrogens is 373 g/mol. The second kappa shape index (κ2) is 9.50. The third-order valence-electron chi connectivity index (χ3n) is 4.38. The number of aromatic nitrogens is 1. The van der Waals surface area contributed by atoms with Crippen molar-refractivity contribution in [3.63, 3.8) is 0 Å². The second-order valence-electron chi connectivity index (χ2n) is 6.28. The van der Waals surface area contributed by atoms with E-state index in [9.17, 15) is 13.6 Å². The quantitative estimate of drug-likeness (QED) is 0.820. The average Bonchev–Trinajstić information content (AvgIpc) is 2.94. The number of amides is 1. The fourth-order valence-electron chi connectivity index (χ4n) is 3.04. The summed E-state index contributed by atoms with van der Waals surface area (Å²) in [5.74, 6) is -2.22. The van der Waals surface area contributed by atoms with Crippen molar-refractivity contribution in [3.8, 4) is 0 Å². The highest BCUT2D eigenvalue weighted by molar-refractivity contribution is 5.85. The maximum absolute atomic E-state index is 13.1. The molecule has 1 amide bonds. The molecule has 0 aliphatic carbocycles. The molecule has 3 rings (SSSR count). The van der Waals surface area contributed by atoms with Gasteiger partial charge in [0.25, 0.3) is 5.92 Å². The van der Waals surface area contributed by atoms with Crippen LogP contribution in [0.15, 0.2) is 18.3 Å². The minimum Gasteiger partial charge on any atom is -0.357 e. The van der Waals surface area contributed by atoms with Crippen LogP contribution < -0.4 is 15.5 Å². The number of carbonyl (C=O) groups is 1. The average molecular weight is 397 g/mol. The molecular formula is C16H24Cl2F2N4O. The number of pyridine rings is 1. The fourth-order valence-corrected chi connectivity index (χ4v) is 3.04. The molecule has 0 bridgehead atoms. The third-order valence-corrected chi connectivity index (χ3v) is 4.38. The first-order chi connectivity index (χ1) is 11.0. The number of piperidine rings is 1. The van der Waals surface area contributed by atoms with Gasteiger partial charge in [-0.3, -0.25) is 10.1 Å². The Labute approximate surface area is 158 Å². The van der Waals surface area contributed by atoms with Gasteiger partial charge in [-0.25, -0.2) is 13.8 Å². The number of halogens is 4. The molecule has 25 heavy (non-hydrogen) atoms. The molecule has 1 aromatic rings. The number of nitrogens with one attached hydrogen (secondary N) is 2.